The Morgan fingerprint density at radius 1 is 1.10 bits per heavy atom. The smallest absolute Gasteiger partial charge is 0.239 e. The second-order valence-corrected chi connectivity index (χ2v) is 5.53. The van der Waals surface area contributed by atoms with Crippen molar-refractivity contribution in [2.45, 2.75) is 6.54 Å². The van der Waals surface area contributed by atoms with E-state index in [0.717, 1.165) is 15.7 Å². The summed E-state index contributed by atoms with van der Waals surface area (Å²) in [6.07, 6.45) is 0. The van der Waals surface area contributed by atoms with E-state index in [4.69, 9.17) is 11.6 Å². The lowest BCUT2D eigenvalue weighted by Gasteiger charge is -2.09. The number of rotatable bonds is 5. The molecule has 2 N–H and O–H groups in total. The molecule has 0 radical (unpaired) electrons. The van der Waals surface area contributed by atoms with Gasteiger partial charge < -0.3 is 10.6 Å². The van der Waals surface area contributed by atoms with Crippen LogP contribution in [0.1, 0.15) is 5.56 Å². The van der Waals surface area contributed by atoms with Crippen molar-refractivity contribution in [2.75, 3.05) is 11.9 Å². The highest BCUT2D eigenvalue weighted by Gasteiger charge is 2.03. The summed E-state index contributed by atoms with van der Waals surface area (Å²) in [5.74, 6) is -0.0595. The van der Waals surface area contributed by atoms with Crippen LogP contribution in [0.25, 0.3) is 0 Å². The zero-order chi connectivity index (χ0) is 14.4. The monoisotopic (exact) mass is 352 g/mol. The van der Waals surface area contributed by atoms with Gasteiger partial charge in [0.1, 0.15) is 0 Å². The number of nitrogens with one attached hydrogen (secondary N) is 2. The summed E-state index contributed by atoms with van der Waals surface area (Å²) in [6.45, 7) is 0.726. The Morgan fingerprint density at radius 3 is 2.50 bits per heavy atom. The first kappa shape index (κ1) is 14.9. The molecule has 0 unspecified atom stereocenters. The van der Waals surface area contributed by atoms with Gasteiger partial charge in [-0.2, -0.15) is 0 Å². The third-order valence-electron chi connectivity index (χ3n) is 2.72. The lowest BCUT2D eigenvalue weighted by molar-refractivity contribution is -0.119. The number of carbonyl (C=O) groups excluding carboxylic acids is 1. The summed E-state index contributed by atoms with van der Waals surface area (Å²) >= 11 is 9.23. The van der Waals surface area contributed by atoms with Gasteiger partial charge in [0.15, 0.2) is 0 Å². The molecule has 0 atom stereocenters. The Labute approximate surface area is 131 Å². The van der Waals surface area contributed by atoms with E-state index in [1.807, 2.05) is 48.5 Å². The number of carbonyl (C=O) groups is 1. The average molecular weight is 354 g/mol. The Morgan fingerprint density at radius 2 is 1.80 bits per heavy atom. The van der Waals surface area contributed by atoms with E-state index in [1.165, 1.54) is 0 Å². The lowest BCUT2D eigenvalue weighted by atomic mass is 10.2. The molecule has 104 valence electrons. The number of hydrogen-bond donors (Lipinski definition) is 2. The van der Waals surface area contributed by atoms with E-state index < -0.39 is 0 Å². The van der Waals surface area contributed by atoms with Crippen LogP contribution in [0.3, 0.4) is 0 Å². The molecular weight excluding hydrogens is 340 g/mol. The minimum absolute atomic E-state index is 0.0595. The van der Waals surface area contributed by atoms with Crippen LogP contribution in [0.5, 0.6) is 0 Å². The minimum Gasteiger partial charge on any atom is -0.375 e. The SMILES string of the molecule is O=C(CNc1ccccc1Br)NCc1ccc(Cl)cc1. The van der Waals surface area contributed by atoms with Crippen molar-refractivity contribution in [1.82, 2.24) is 5.32 Å². The second-order valence-electron chi connectivity index (χ2n) is 4.24. The highest BCUT2D eigenvalue weighted by molar-refractivity contribution is 9.10. The van der Waals surface area contributed by atoms with E-state index in [-0.39, 0.29) is 12.5 Å². The lowest BCUT2D eigenvalue weighted by Crippen LogP contribution is -2.29. The van der Waals surface area contributed by atoms with Gasteiger partial charge in [-0.25, -0.2) is 0 Å². The summed E-state index contributed by atoms with van der Waals surface area (Å²) in [5.41, 5.74) is 1.91. The van der Waals surface area contributed by atoms with Crippen molar-refractivity contribution in [3.63, 3.8) is 0 Å². The zero-order valence-corrected chi connectivity index (χ0v) is 13.0. The predicted molar refractivity (Wildman–Crippen MR) is 85.9 cm³/mol. The van der Waals surface area contributed by atoms with Gasteiger partial charge in [0.05, 0.1) is 6.54 Å². The predicted octanol–water partition coefficient (Wildman–Crippen LogP) is 3.83. The number of benzene rings is 2. The van der Waals surface area contributed by atoms with Gasteiger partial charge in [-0.3, -0.25) is 4.79 Å². The summed E-state index contributed by atoms with van der Waals surface area (Å²) < 4.78 is 0.936. The molecule has 1 amide bonds. The fourth-order valence-electron chi connectivity index (χ4n) is 1.65. The van der Waals surface area contributed by atoms with Crippen LogP contribution in [0.4, 0.5) is 5.69 Å². The number of anilines is 1. The zero-order valence-electron chi connectivity index (χ0n) is 10.7. The van der Waals surface area contributed by atoms with Gasteiger partial charge in [0.2, 0.25) is 5.91 Å². The molecule has 0 aliphatic carbocycles. The molecule has 2 aromatic rings. The molecule has 0 aliphatic rings. The molecule has 0 saturated heterocycles. The van der Waals surface area contributed by atoms with Gasteiger partial charge in [0, 0.05) is 21.7 Å². The van der Waals surface area contributed by atoms with Gasteiger partial charge in [-0.1, -0.05) is 35.9 Å². The molecule has 0 saturated carbocycles. The first-order valence-electron chi connectivity index (χ1n) is 6.15. The van der Waals surface area contributed by atoms with E-state index in [2.05, 4.69) is 26.6 Å². The maximum absolute atomic E-state index is 11.8. The van der Waals surface area contributed by atoms with Crippen molar-refractivity contribution in [1.29, 1.82) is 0 Å². The van der Waals surface area contributed by atoms with Crippen LogP contribution in [0.2, 0.25) is 5.02 Å². The molecule has 0 aliphatic heterocycles. The fourth-order valence-corrected chi connectivity index (χ4v) is 2.20. The molecular formula is C15H14BrClN2O. The number of halogens is 2. The van der Waals surface area contributed by atoms with E-state index in [0.29, 0.717) is 11.6 Å². The Bertz CT molecular complexity index is 587. The molecule has 5 heteroatoms. The molecule has 3 nitrogen and oxygen atoms in total. The van der Waals surface area contributed by atoms with Crippen molar-refractivity contribution in [2.24, 2.45) is 0 Å². The van der Waals surface area contributed by atoms with Gasteiger partial charge in [0.25, 0.3) is 0 Å². The summed E-state index contributed by atoms with van der Waals surface area (Å²) in [5, 5.41) is 6.62. The van der Waals surface area contributed by atoms with E-state index >= 15 is 0 Å². The standard InChI is InChI=1S/C15H14BrClN2O/c16-13-3-1-2-4-14(13)18-10-15(20)19-9-11-5-7-12(17)8-6-11/h1-8,18H,9-10H2,(H,19,20). The highest BCUT2D eigenvalue weighted by atomic mass is 79.9. The van der Waals surface area contributed by atoms with Crippen LogP contribution in [0, 0.1) is 0 Å². The van der Waals surface area contributed by atoms with Crippen LogP contribution < -0.4 is 10.6 Å². The maximum atomic E-state index is 11.8. The van der Waals surface area contributed by atoms with Crippen molar-refractivity contribution in [3.05, 3.63) is 63.6 Å². The molecule has 0 heterocycles. The third kappa shape index (κ3) is 4.54. The first-order chi connectivity index (χ1) is 9.65. The topological polar surface area (TPSA) is 41.1 Å². The number of para-hydroxylation sites is 1. The molecule has 20 heavy (non-hydrogen) atoms. The Hall–Kier alpha value is -1.52. The normalized spacial score (nSPS) is 10.1. The largest absolute Gasteiger partial charge is 0.375 e. The Kier molecular flexibility index (Phi) is 5.44. The molecule has 0 fully saturated rings. The second kappa shape index (κ2) is 7.31. The van der Waals surface area contributed by atoms with Crippen LogP contribution in [-0.4, -0.2) is 12.5 Å². The highest BCUT2D eigenvalue weighted by Crippen LogP contribution is 2.20. The van der Waals surface area contributed by atoms with Crippen LogP contribution >= 0.6 is 27.5 Å². The van der Waals surface area contributed by atoms with E-state index in [9.17, 15) is 4.79 Å². The molecule has 0 bridgehead atoms. The minimum atomic E-state index is -0.0595. The van der Waals surface area contributed by atoms with Crippen LogP contribution in [-0.2, 0) is 11.3 Å². The van der Waals surface area contributed by atoms with Crippen molar-refractivity contribution >= 4 is 39.1 Å². The van der Waals surface area contributed by atoms with E-state index in [1.54, 1.807) is 0 Å². The van der Waals surface area contributed by atoms with Crippen molar-refractivity contribution in [3.8, 4) is 0 Å². The average Bonchev–Trinajstić information content (AvgIpc) is 2.46. The Balaban J connectivity index is 1.78. The molecule has 2 aromatic carbocycles. The van der Waals surface area contributed by atoms with Gasteiger partial charge >= 0.3 is 0 Å². The first-order valence-corrected chi connectivity index (χ1v) is 7.32. The van der Waals surface area contributed by atoms with Crippen LogP contribution in [0.15, 0.2) is 53.0 Å². The summed E-state index contributed by atoms with van der Waals surface area (Å²) in [6, 6.07) is 15.1. The summed E-state index contributed by atoms with van der Waals surface area (Å²) in [7, 11) is 0. The summed E-state index contributed by atoms with van der Waals surface area (Å²) in [4.78, 5) is 11.8. The van der Waals surface area contributed by atoms with Gasteiger partial charge in [-0.15, -0.1) is 0 Å². The number of hydrogen-bond acceptors (Lipinski definition) is 2. The van der Waals surface area contributed by atoms with Gasteiger partial charge in [-0.05, 0) is 45.8 Å². The third-order valence-corrected chi connectivity index (χ3v) is 3.66. The maximum Gasteiger partial charge on any atom is 0.239 e. The van der Waals surface area contributed by atoms with Crippen molar-refractivity contribution < 1.29 is 4.79 Å². The number of amides is 1. The molecule has 0 aromatic heterocycles. The quantitative estimate of drug-likeness (QED) is 0.857. The molecule has 2 rings (SSSR count). The molecule has 0 spiro atoms. The fraction of sp³-hybridized carbons (Fsp3) is 0.133.